The first-order valence-corrected chi connectivity index (χ1v) is 7.91. The van der Waals surface area contributed by atoms with Crippen molar-refractivity contribution in [3.8, 4) is 0 Å². The minimum atomic E-state index is 0.0951. The van der Waals surface area contributed by atoms with E-state index < -0.39 is 0 Å². The molecule has 0 saturated heterocycles. The number of hydrogen-bond acceptors (Lipinski definition) is 4. The Kier molecular flexibility index (Phi) is 4.48. The van der Waals surface area contributed by atoms with E-state index in [1.54, 1.807) is 17.5 Å². The van der Waals surface area contributed by atoms with Gasteiger partial charge in [0.15, 0.2) is 5.15 Å². The van der Waals surface area contributed by atoms with Crippen molar-refractivity contribution < 1.29 is 0 Å². The van der Waals surface area contributed by atoms with Crippen molar-refractivity contribution >= 4 is 44.6 Å². The molecule has 0 aliphatic rings. The van der Waals surface area contributed by atoms with Crippen molar-refractivity contribution in [2.24, 2.45) is 0 Å². The van der Waals surface area contributed by atoms with E-state index in [1.807, 2.05) is 6.07 Å². The highest BCUT2D eigenvalue weighted by Gasteiger charge is 2.17. The molecule has 0 aliphatic heterocycles. The van der Waals surface area contributed by atoms with Crippen LogP contribution in [0, 0.1) is 0 Å². The highest BCUT2D eigenvalue weighted by Crippen LogP contribution is 2.27. The molecule has 2 aromatic heterocycles. The third-order valence-electron chi connectivity index (χ3n) is 2.46. The van der Waals surface area contributed by atoms with Gasteiger partial charge in [-0.05, 0) is 22.0 Å². The fourth-order valence-corrected chi connectivity index (χ4v) is 2.87. The van der Waals surface area contributed by atoms with Crippen LogP contribution in [0.15, 0.2) is 22.1 Å². The summed E-state index contributed by atoms with van der Waals surface area (Å²) in [7, 11) is 0. The zero-order valence-corrected chi connectivity index (χ0v) is 14.2. The molecular formula is C13H15BrClN3S. The molecule has 0 amide bonds. The number of halogens is 2. The summed E-state index contributed by atoms with van der Waals surface area (Å²) in [6.07, 6.45) is 1.67. The molecule has 2 heterocycles. The lowest BCUT2D eigenvalue weighted by atomic mass is 9.98. The smallest absolute Gasteiger partial charge is 0.152 e. The van der Waals surface area contributed by atoms with Crippen molar-refractivity contribution in [2.45, 2.75) is 32.7 Å². The van der Waals surface area contributed by atoms with E-state index in [-0.39, 0.29) is 5.41 Å². The van der Waals surface area contributed by atoms with Gasteiger partial charge in [0.1, 0.15) is 0 Å². The minimum absolute atomic E-state index is 0.0951. The molecule has 0 aliphatic carbocycles. The highest BCUT2D eigenvalue weighted by molar-refractivity contribution is 9.10. The summed E-state index contributed by atoms with van der Waals surface area (Å²) in [5, 5.41) is 6.94. The molecule has 0 spiro atoms. The third-order valence-corrected chi connectivity index (χ3v) is 4.51. The topological polar surface area (TPSA) is 37.8 Å². The normalized spacial score (nSPS) is 11.6. The third kappa shape index (κ3) is 3.91. The summed E-state index contributed by atoms with van der Waals surface area (Å²) >= 11 is 11.1. The van der Waals surface area contributed by atoms with E-state index in [2.05, 4.69) is 57.4 Å². The average molecular weight is 361 g/mol. The summed E-state index contributed by atoms with van der Waals surface area (Å²) in [5.74, 6) is 0. The Morgan fingerprint density at radius 2 is 2.16 bits per heavy atom. The lowest BCUT2D eigenvalue weighted by Gasteiger charge is -2.13. The summed E-state index contributed by atoms with van der Waals surface area (Å²) in [5.41, 5.74) is 1.92. The second kappa shape index (κ2) is 5.77. The molecular weight excluding hydrogens is 346 g/mol. The van der Waals surface area contributed by atoms with Gasteiger partial charge >= 0.3 is 0 Å². The molecule has 3 nitrogen and oxygen atoms in total. The summed E-state index contributed by atoms with van der Waals surface area (Å²) in [4.78, 5) is 8.70. The molecule has 102 valence electrons. The maximum absolute atomic E-state index is 6.03. The Morgan fingerprint density at radius 1 is 1.42 bits per heavy atom. The molecule has 19 heavy (non-hydrogen) atoms. The number of pyridine rings is 1. The van der Waals surface area contributed by atoms with Crippen LogP contribution in [0.2, 0.25) is 5.15 Å². The molecule has 0 bridgehead atoms. The Hall–Kier alpha value is -0.650. The largest absolute Gasteiger partial charge is 0.377 e. The van der Waals surface area contributed by atoms with Crippen molar-refractivity contribution in [3.63, 3.8) is 0 Å². The second-order valence-corrected chi connectivity index (χ2v) is 7.37. The van der Waals surface area contributed by atoms with Crippen LogP contribution in [0.25, 0.3) is 0 Å². The molecule has 0 unspecified atom stereocenters. The Balaban J connectivity index is 2.06. The van der Waals surface area contributed by atoms with Crippen molar-refractivity contribution in [1.29, 1.82) is 0 Å². The molecule has 2 rings (SSSR count). The molecule has 1 N–H and O–H groups in total. The molecule has 0 atom stereocenters. The maximum Gasteiger partial charge on any atom is 0.152 e. The van der Waals surface area contributed by atoms with Crippen molar-refractivity contribution in [2.75, 3.05) is 5.32 Å². The van der Waals surface area contributed by atoms with Crippen LogP contribution in [0.1, 0.15) is 31.5 Å². The summed E-state index contributed by atoms with van der Waals surface area (Å²) in [6, 6.07) is 1.91. The quantitative estimate of drug-likeness (QED) is 0.794. The number of hydrogen-bond donors (Lipinski definition) is 1. The van der Waals surface area contributed by atoms with Gasteiger partial charge in [0.25, 0.3) is 0 Å². The molecule has 6 heteroatoms. The summed E-state index contributed by atoms with van der Waals surface area (Å²) in [6.45, 7) is 7.14. The lowest BCUT2D eigenvalue weighted by molar-refractivity contribution is 0.583. The Bertz CT molecular complexity index is 578. The minimum Gasteiger partial charge on any atom is -0.377 e. The predicted molar refractivity (Wildman–Crippen MR) is 85.1 cm³/mol. The molecule has 0 saturated carbocycles. The van der Waals surface area contributed by atoms with E-state index in [9.17, 15) is 0 Å². The van der Waals surface area contributed by atoms with E-state index in [1.165, 1.54) is 0 Å². The zero-order chi connectivity index (χ0) is 14.0. The number of thiazole rings is 1. The summed E-state index contributed by atoms with van der Waals surface area (Å²) < 4.78 is 0.896. The van der Waals surface area contributed by atoms with Gasteiger partial charge < -0.3 is 5.32 Å². The fourth-order valence-electron chi connectivity index (χ4n) is 1.46. The van der Waals surface area contributed by atoms with Crippen LogP contribution in [0.4, 0.5) is 5.69 Å². The van der Waals surface area contributed by atoms with Gasteiger partial charge in [-0.25, -0.2) is 9.97 Å². The van der Waals surface area contributed by atoms with Crippen molar-refractivity contribution in [3.05, 3.63) is 38.0 Å². The predicted octanol–water partition coefficient (Wildman–Crippen LogP) is 4.86. The first-order chi connectivity index (χ1) is 8.86. The monoisotopic (exact) mass is 359 g/mol. The molecule has 2 aromatic rings. The van der Waals surface area contributed by atoms with Crippen LogP contribution >= 0.6 is 38.9 Å². The van der Waals surface area contributed by atoms with Crippen LogP contribution < -0.4 is 5.32 Å². The van der Waals surface area contributed by atoms with Crippen LogP contribution in [0.5, 0.6) is 0 Å². The van der Waals surface area contributed by atoms with Gasteiger partial charge in [-0.15, -0.1) is 11.3 Å². The molecule has 0 aromatic carbocycles. The second-order valence-electron chi connectivity index (χ2n) is 5.24. The van der Waals surface area contributed by atoms with E-state index >= 15 is 0 Å². The van der Waals surface area contributed by atoms with E-state index in [0.29, 0.717) is 11.7 Å². The van der Waals surface area contributed by atoms with Gasteiger partial charge in [-0.3, -0.25) is 0 Å². The van der Waals surface area contributed by atoms with Crippen LogP contribution in [-0.2, 0) is 12.0 Å². The van der Waals surface area contributed by atoms with Crippen LogP contribution in [0.3, 0.4) is 0 Å². The molecule has 0 fully saturated rings. The van der Waals surface area contributed by atoms with Gasteiger partial charge in [0.2, 0.25) is 0 Å². The fraction of sp³-hybridized carbons (Fsp3) is 0.385. The highest BCUT2D eigenvalue weighted by atomic mass is 79.9. The van der Waals surface area contributed by atoms with E-state index in [0.717, 1.165) is 20.9 Å². The number of anilines is 1. The zero-order valence-electron chi connectivity index (χ0n) is 11.0. The van der Waals surface area contributed by atoms with Crippen molar-refractivity contribution in [1.82, 2.24) is 9.97 Å². The Morgan fingerprint density at radius 3 is 2.79 bits per heavy atom. The number of nitrogens with zero attached hydrogens (tertiary/aromatic N) is 2. The molecule has 0 radical (unpaired) electrons. The SMILES string of the molecule is CC(C)(C)c1nc(CNc2cc(Br)cnc2Cl)cs1. The standard InChI is InChI=1S/C13H15BrClN3S/c1-13(2,3)12-18-9(7-19-12)6-16-10-4-8(14)5-17-11(10)15/h4-5,7,16H,6H2,1-3H3. The van der Waals surface area contributed by atoms with Crippen LogP contribution in [-0.4, -0.2) is 9.97 Å². The average Bonchev–Trinajstić information content (AvgIpc) is 2.79. The van der Waals surface area contributed by atoms with E-state index in [4.69, 9.17) is 11.6 Å². The number of aromatic nitrogens is 2. The first-order valence-electron chi connectivity index (χ1n) is 5.86. The number of nitrogens with one attached hydrogen (secondary N) is 1. The van der Waals surface area contributed by atoms with Gasteiger partial charge in [0.05, 0.1) is 22.9 Å². The van der Waals surface area contributed by atoms with Gasteiger partial charge in [-0.1, -0.05) is 32.4 Å². The lowest BCUT2D eigenvalue weighted by Crippen LogP contribution is -2.11. The first kappa shape index (κ1) is 14.8. The van der Waals surface area contributed by atoms with Gasteiger partial charge in [-0.2, -0.15) is 0 Å². The van der Waals surface area contributed by atoms with Gasteiger partial charge in [0, 0.05) is 21.5 Å². The number of rotatable bonds is 3. The maximum atomic E-state index is 6.03. The Labute approximate surface area is 130 Å².